The van der Waals surface area contributed by atoms with Gasteiger partial charge in [-0.2, -0.15) is 0 Å². The molecule has 1 fully saturated rings. The molecule has 0 amide bonds. The summed E-state index contributed by atoms with van der Waals surface area (Å²) in [4.78, 5) is 8.76. The summed E-state index contributed by atoms with van der Waals surface area (Å²) in [5.41, 5.74) is 9.33. The zero-order chi connectivity index (χ0) is 18.5. The Labute approximate surface area is 159 Å². The Kier molecular flexibility index (Phi) is 6.01. The van der Waals surface area contributed by atoms with E-state index in [0.29, 0.717) is 5.96 Å². The van der Waals surface area contributed by atoms with Crippen LogP contribution in [-0.2, 0) is 0 Å². The van der Waals surface area contributed by atoms with Gasteiger partial charge in [-0.1, -0.05) is 41.4 Å². The number of hydrogen-bond donors (Lipinski definition) is 2. The molecule has 3 rings (SSSR count). The average molecular weight is 373 g/mol. The van der Waals surface area contributed by atoms with E-state index in [0.717, 1.165) is 36.8 Å². The molecule has 0 saturated carbocycles. The predicted octanol–water partition coefficient (Wildman–Crippen LogP) is 2.82. The number of nitrogens with zero attached hydrogens (tertiary/aromatic N) is 3. The molecule has 1 saturated heterocycles. The number of aryl methyl sites for hydroxylation is 1. The zero-order valence-electron chi connectivity index (χ0n) is 15.0. The quantitative estimate of drug-likeness (QED) is 0.639. The van der Waals surface area contributed by atoms with Crippen LogP contribution in [0.5, 0.6) is 0 Å². The molecule has 1 unspecified atom stereocenters. The fourth-order valence-corrected chi connectivity index (χ4v) is 3.15. The summed E-state index contributed by atoms with van der Waals surface area (Å²) < 4.78 is 0. The highest BCUT2D eigenvalue weighted by molar-refractivity contribution is 6.30. The van der Waals surface area contributed by atoms with Gasteiger partial charge in [-0.05, 0) is 36.8 Å². The maximum Gasteiger partial charge on any atom is 0.191 e. The summed E-state index contributed by atoms with van der Waals surface area (Å²) >= 11 is 5.95. The highest BCUT2D eigenvalue weighted by atomic mass is 35.5. The van der Waals surface area contributed by atoms with Gasteiger partial charge in [-0.3, -0.25) is 4.99 Å². The fourth-order valence-electron chi connectivity index (χ4n) is 3.02. The minimum atomic E-state index is -0.635. The lowest BCUT2D eigenvalue weighted by molar-refractivity contribution is 0.186. The average Bonchev–Trinajstić information content (AvgIpc) is 2.67. The molecule has 0 radical (unpaired) electrons. The van der Waals surface area contributed by atoms with Crippen molar-refractivity contribution < 1.29 is 5.11 Å². The standard InChI is InChI=1S/C20H25ClN4O/c1-15-2-4-16(5-3-15)19(26)14-23-20(22)25-12-10-24(11-13-25)18-8-6-17(21)7-9-18/h2-9,19,26H,10-14H2,1H3,(H2,22,23). The van der Waals surface area contributed by atoms with Gasteiger partial charge in [0.05, 0.1) is 12.6 Å². The number of piperazine rings is 1. The van der Waals surface area contributed by atoms with Crippen LogP contribution in [-0.4, -0.2) is 48.7 Å². The van der Waals surface area contributed by atoms with E-state index in [-0.39, 0.29) is 6.54 Å². The molecule has 2 aromatic rings. The van der Waals surface area contributed by atoms with Crippen molar-refractivity contribution in [3.8, 4) is 0 Å². The van der Waals surface area contributed by atoms with E-state index >= 15 is 0 Å². The Bertz CT molecular complexity index is 737. The van der Waals surface area contributed by atoms with Crippen molar-refractivity contribution in [2.75, 3.05) is 37.6 Å². The highest BCUT2D eigenvalue weighted by Crippen LogP contribution is 2.19. The van der Waals surface area contributed by atoms with E-state index < -0.39 is 6.10 Å². The number of aliphatic hydroxyl groups excluding tert-OH is 1. The Morgan fingerprint density at radius 3 is 2.31 bits per heavy atom. The van der Waals surface area contributed by atoms with Crippen LogP contribution in [0.1, 0.15) is 17.2 Å². The number of halogens is 1. The van der Waals surface area contributed by atoms with Crippen molar-refractivity contribution >= 4 is 23.2 Å². The molecule has 5 nitrogen and oxygen atoms in total. The zero-order valence-corrected chi connectivity index (χ0v) is 15.7. The molecule has 138 valence electrons. The lowest BCUT2D eigenvalue weighted by Gasteiger charge is -2.36. The molecule has 0 spiro atoms. The maximum absolute atomic E-state index is 10.3. The molecule has 2 aromatic carbocycles. The molecule has 1 aliphatic rings. The molecule has 0 aliphatic carbocycles. The smallest absolute Gasteiger partial charge is 0.191 e. The number of aliphatic imine (C=N–C) groups is 1. The molecule has 1 aliphatic heterocycles. The predicted molar refractivity (Wildman–Crippen MR) is 108 cm³/mol. The topological polar surface area (TPSA) is 65.1 Å². The Hall–Kier alpha value is -2.24. The third kappa shape index (κ3) is 4.68. The Morgan fingerprint density at radius 1 is 1.08 bits per heavy atom. The Balaban J connectivity index is 1.52. The third-order valence-electron chi connectivity index (χ3n) is 4.68. The normalized spacial score (nSPS) is 16.7. The van der Waals surface area contributed by atoms with Crippen molar-refractivity contribution in [1.29, 1.82) is 0 Å². The summed E-state index contributed by atoms with van der Waals surface area (Å²) in [5, 5.41) is 11.0. The minimum absolute atomic E-state index is 0.270. The van der Waals surface area contributed by atoms with Crippen LogP contribution in [0.15, 0.2) is 53.5 Å². The van der Waals surface area contributed by atoms with E-state index in [1.165, 1.54) is 11.3 Å². The minimum Gasteiger partial charge on any atom is -0.386 e. The number of nitrogens with two attached hydrogens (primary N) is 1. The first-order valence-corrected chi connectivity index (χ1v) is 9.21. The van der Waals surface area contributed by atoms with Crippen LogP contribution in [0.2, 0.25) is 5.02 Å². The highest BCUT2D eigenvalue weighted by Gasteiger charge is 2.19. The van der Waals surface area contributed by atoms with E-state index in [4.69, 9.17) is 17.3 Å². The van der Waals surface area contributed by atoms with Crippen LogP contribution >= 0.6 is 11.6 Å². The summed E-state index contributed by atoms with van der Waals surface area (Å²) in [6.45, 7) is 5.65. The SMILES string of the molecule is Cc1ccc(C(O)CN=C(N)N2CCN(c3ccc(Cl)cc3)CC2)cc1. The second-order valence-corrected chi connectivity index (χ2v) is 7.01. The van der Waals surface area contributed by atoms with Gasteiger partial charge in [0.25, 0.3) is 0 Å². The van der Waals surface area contributed by atoms with Crippen molar-refractivity contribution in [1.82, 2.24) is 4.90 Å². The number of benzene rings is 2. The summed E-state index contributed by atoms with van der Waals surface area (Å²) in [6, 6.07) is 15.7. The van der Waals surface area contributed by atoms with Gasteiger partial charge in [0.15, 0.2) is 5.96 Å². The van der Waals surface area contributed by atoms with Crippen LogP contribution in [0.25, 0.3) is 0 Å². The lowest BCUT2D eigenvalue weighted by atomic mass is 10.1. The second kappa shape index (κ2) is 8.43. The van der Waals surface area contributed by atoms with Gasteiger partial charge in [0.1, 0.15) is 0 Å². The largest absolute Gasteiger partial charge is 0.386 e. The van der Waals surface area contributed by atoms with Gasteiger partial charge < -0.3 is 20.6 Å². The lowest BCUT2D eigenvalue weighted by Crippen LogP contribution is -2.51. The van der Waals surface area contributed by atoms with Crippen molar-refractivity contribution in [3.05, 3.63) is 64.7 Å². The van der Waals surface area contributed by atoms with Crippen LogP contribution in [0, 0.1) is 6.92 Å². The molecule has 26 heavy (non-hydrogen) atoms. The number of guanidine groups is 1. The summed E-state index contributed by atoms with van der Waals surface area (Å²) in [5.74, 6) is 0.493. The number of anilines is 1. The Morgan fingerprint density at radius 2 is 1.69 bits per heavy atom. The van der Waals surface area contributed by atoms with E-state index in [2.05, 4.69) is 14.8 Å². The van der Waals surface area contributed by atoms with E-state index in [9.17, 15) is 5.11 Å². The molecule has 1 heterocycles. The maximum atomic E-state index is 10.3. The van der Waals surface area contributed by atoms with Crippen molar-refractivity contribution in [3.63, 3.8) is 0 Å². The molecule has 0 aromatic heterocycles. The molecular formula is C20H25ClN4O. The van der Waals surface area contributed by atoms with Crippen LogP contribution < -0.4 is 10.6 Å². The van der Waals surface area contributed by atoms with Crippen molar-refractivity contribution in [2.24, 2.45) is 10.7 Å². The molecule has 1 atom stereocenters. The monoisotopic (exact) mass is 372 g/mol. The van der Waals surface area contributed by atoms with Gasteiger partial charge in [-0.25, -0.2) is 0 Å². The number of hydrogen-bond acceptors (Lipinski definition) is 3. The van der Waals surface area contributed by atoms with Gasteiger partial charge in [-0.15, -0.1) is 0 Å². The van der Waals surface area contributed by atoms with Crippen molar-refractivity contribution in [2.45, 2.75) is 13.0 Å². The summed E-state index contributed by atoms with van der Waals surface area (Å²) in [6.07, 6.45) is -0.635. The van der Waals surface area contributed by atoms with E-state index in [1.54, 1.807) is 0 Å². The molecule has 0 bridgehead atoms. The van der Waals surface area contributed by atoms with Crippen LogP contribution in [0.3, 0.4) is 0 Å². The molecule has 3 N–H and O–H groups in total. The van der Waals surface area contributed by atoms with Gasteiger partial charge >= 0.3 is 0 Å². The third-order valence-corrected chi connectivity index (χ3v) is 4.94. The first kappa shape index (κ1) is 18.5. The first-order valence-electron chi connectivity index (χ1n) is 8.83. The molecule has 6 heteroatoms. The molecular weight excluding hydrogens is 348 g/mol. The van der Waals surface area contributed by atoms with Gasteiger partial charge in [0.2, 0.25) is 0 Å². The first-order chi connectivity index (χ1) is 12.5. The van der Waals surface area contributed by atoms with Gasteiger partial charge in [0, 0.05) is 36.9 Å². The number of aliphatic hydroxyl groups is 1. The van der Waals surface area contributed by atoms with Crippen LogP contribution in [0.4, 0.5) is 5.69 Å². The summed E-state index contributed by atoms with van der Waals surface area (Å²) in [7, 11) is 0. The number of rotatable bonds is 4. The van der Waals surface area contributed by atoms with E-state index in [1.807, 2.05) is 55.5 Å². The second-order valence-electron chi connectivity index (χ2n) is 6.58. The fraction of sp³-hybridized carbons (Fsp3) is 0.350.